The number of rotatable bonds is 12. The van der Waals surface area contributed by atoms with Gasteiger partial charge < -0.3 is 24.6 Å². The van der Waals surface area contributed by atoms with Gasteiger partial charge >= 0.3 is 5.97 Å². The van der Waals surface area contributed by atoms with E-state index in [1.165, 1.54) is 18.5 Å². The molecule has 1 aliphatic rings. The number of carbonyl (C=O) groups excluding carboxylic acids is 1. The molecule has 9 nitrogen and oxygen atoms in total. The van der Waals surface area contributed by atoms with Gasteiger partial charge in [-0.3, -0.25) is 9.69 Å². The normalized spacial score (nSPS) is 14.8. The Labute approximate surface area is 245 Å². The Morgan fingerprint density at radius 2 is 1.95 bits per heavy atom. The van der Waals surface area contributed by atoms with Crippen LogP contribution in [-0.4, -0.2) is 70.0 Å². The summed E-state index contributed by atoms with van der Waals surface area (Å²) in [6.45, 7) is 8.03. The third kappa shape index (κ3) is 9.14. The van der Waals surface area contributed by atoms with E-state index < -0.39 is 17.5 Å². The number of anilines is 2. The minimum Gasteiger partial charge on any atom is -0.488 e. The number of halogens is 2. The highest BCUT2D eigenvalue weighted by Gasteiger charge is 2.22. The Hall–Kier alpha value is -3.21. The first-order valence-corrected chi connectivity index (χ1v) is 14.3. The number of benzene rings is 2. The number of nitrogens with one attached hydrogen (secondary N) is 1. The molecule has 2 aromatic carbocycles. The summed E-state index contributed by atoms with van der Waals surface area (Å²) in [7, 11) is 0. The summed E-state index contributed by atoms with van der Waals surface area (Å²) in [5.41, 5.74) is 0.618. The molecule has 2 N–H and O–H groups in total. The number of hydrogen-bond donors (Lipinski definition) is 2. The smallest absolute Gasteiger partial charge is 0.320 e. The zero-order valence-electron chi connectivity index (χ0n) is 24.0. The number of ether oxygens (including phenoxy) is 3. The summed E-state index contributed by atoms with van der Waals surface area (Å²) in [5.74, 6) is 0.700. The summed E-state index contributed by atoms with van der Waals surface area (Å²) >= 11 is 5.97. The number of fused-ring (bicyclic) bond motifs is 1. The number of esters is 1. The van der Waals surface area contributed by atoms with Gasteiger partial charge in [0.2, 0.25) is 0 Å². The summed E-state index contributed by atoms with van der Waals surface area (Å²) in [6.07, 6.45) is 5.07. The molecule has 3 aromatic rings. The first-order valence-electron chi connectivity index (χ1n) is 13.9. The van der Waals surface area contributed by atoms with Gasteiger partial charge in [-0.2, -0.15) is 0 Å². The van der Waals surface area contributed by atoms with Crippen LogP contribution in [0.25, 0.3) is 10.9 Å². The average molecular weight is 589 g/mol. The lowest BCUT2D eigenvalue weighted by molar-refractivity contribution is -0.156. The maximum atomic E-state index is 13.7. The molecule has 0 amide bonds. The molecule has 4 rings (SSSR count). The van der Waals surface area contributed by atoms with Crippen LogP contribution in [0.2, 0.25) is 5.02 Å². The van der Waals surface area contributed by atoms with Crippen LogP contribution in [0.15, 0.2) is 36.7 Å². The second-order valence-electron chi connectivity index (χ2n) is 11.3. The van der Waals surface area contributed by atoms with Crippen LogP contribution in [0.5, 0.6) is 11.5 Å². The Kier molecular flexibility index (Phi) is 10.2. The predicted molar refractivity (Wildman–Crippen MR) is 157 cm³/mol. The highest BCUT2D eigenvalue weighted by molar-refractivity contribution is 6.31. The van der Waals surface area contributed by atoms with Crippen molar-refractivity contribution in [1.29, 1.82) is 0 Å². The third-order valence-corrected chi connectivity index (χ3v) is 6.73. The van der Waals surface area contributed by atoms with Crippen LogP contribution in [0.3, 0.4) is 0 Å². The highest BCUT2D eigenvalue weighted by Crippen LogP contribution is 2.37. The van der Waals surface area contributed by atoms with Crippen LogP contribution in [-0.2, 0) is 9.53 Å². The van der Waals surface area contributed by atoms with Gasteiger partial charge in [-0.1, -0.05) is 11.6 Å². The lowest BCUT2D eigenvalue weighted by atomic mass is 10.2. The van der Waals surface area contributed by atoms with Crippen LogP contribution >= 0.6 is 11.6 Å². The van der Waals surface area contributed by atoms with Crippen LogP contribution in [0.1, 0.15) is 53.4 Å². The molecule has 0 aliphatic heterocycles. The first-order chi connectivity index (χ1) is 19.5. The predicted octanol–water partition coefficient (Wildman–Crippen LogP) is 5.89. The molecule has 1 aliphatic carbocycles. The topological polar surface area (TPSA) is 106 Å². The van der Waals surface area contributed by atoms with Gasteiger partial charge in [-0.15, -0.1) is 0 Å². The van der Waals surface area contributed by atoms with E-state index in [2.05, 4.69) is 15.3 Å². The fourth-order valence-electron chi connectivity index (χ4n) is 4.71. The largest absolute Gasteiger partial charge is 0.488 e. The Morgan fingerprint density at radius 1 is 1.20 bits per heavy atom. The van der Waals surface area contributed by atoms with Crippen LogP contribution in [0.4, 0.5) is 15.9 Å². The van der Waals surface area contributed by atoms with Crippen LogP contribution < -0.4 is 14.8 Å². The Morgan fingerprint density at radius 3 is 2.63 bits per heavy atom. The van der Waals surface area contributed by atoms with E-state index in [1.54, 1.807) is 17.9 Å². The summed E-state index contributed by atoms with van der Waals surface area (Å²) < 4.78 is 31.7. The molecule has 222 valence electrons. The van der Waals surface area contributed by atoms with Gasteiger partial charge in [-0.05, 0) is 77.6 Å². The van der Waals surface area contributed by atoms with Crippen molar-refractivity contribution in [3.63, 3.8) is 0 Å². The maximum absolute atomic E-state index is 13.7. The van der Waals surface area contributed by atoms with Gasteiger partial charge in [0.25, 0.3) is 0 Å². The van der Waals surface area contributed by atoms with Crippen molar-refractivity contribution < 1.29 is 28.5 Å². The second-order valence-corrected chi connectivity index (χ2v) is 11.7. The third-order valence-electron chi connectivity index (χ3n) is 6.44. The second kappa shape index (κ2) is 13.6. The summed E-state index contributed by atoms with van der Waals surface area (Å²) in [4.78, 5) is 23.1. The lowest BCUT2D eigenvalue weighted by Crippen LogP contribution is -2.40. The molecular weight excluding hydrogens is 551 g/mol. The molecule has 1 saturated carbocycles. The van der Waals surface area contributed by atoms with Crippen molar-refractivity contribution in [2.45, 2.75) is 71.2 Å². The van der Waals surface area contributed by atoms with E-state index >= 15 is 0 Å². The molecule has 0 bridgehead atoms. The molecule has 1 fully saturated rings. The van der Waals surface area contributed by atoms with Gasteiger partial charge in [0.05, 0.1) is 29.3 Å². The number of aliphatic hydroxyl groups excluding tert-OH is 1. The molecular formula is C30H38ClFN4O5. The van der Waals surface area contributed by atoms with Crippen molar-refractivity contribution >= 4 is 40.0 Å². The maximum Gasteiger partial charge on any atom is 0.320 e. The molecule has 0 unspecified atom stereocenters. The fourth-order valence-corrected chi connectivity index (χ4v) is 4.90. The number of aromatic nitrogens is 2. The molecule has 0 spiro atoms. The van der Waals surface area contributed by atoms with Crippen molar-refractivity contribution in [3.05, 3.63) is 47.5 Å². The highest BCUT2D eigenvalue weighted by atomic mass is 35.5. The van der Waals surface area contributed by atoms with Gasteiger partial charge in [-0.25, -0.2) is 14.4 Å². The first kappa shape index (κ1) is 30.7. The average Bonchev–Trinajstić information content (AvgIpc) is 3.38. The quantitative estimate of drug-likeness (QED) is 0.250. The zero-order chi connectivity index (χ0) is 29.6. The van der Waals surface area contributed by atoms with E-state index in [9.17, 15) is 14.3 Å². The minimum absolute atomic E-state index is 0.00207. The molecule has 0 saturated heterocycles. The van der Waals surface area contributed by atoms with Gasteiger partial charge in [0.15, 0.2) is 11.5 Å². The molecule has 1 heterocycles. The number of aliphatic hydroxyl groups is 1. The lowest BCUT2D eigenvalue weighted by Gasteiger charge is -2.26. The SMILES string of the molecule is C[C@@H](O)CN(CCOc1cc2c(Nc3ccc(F)c(Cl)c3)ncnc2cc1OC1CCCC1)CC(=O)OC(C)(C)C. The Balaban J connectivity index is 1.56. The Bertz CT molecular complexity index is 1340. The fraction of sp³-hybridized carbons (Fsp3) is 0.500. The van der Waals surface area contributed by atoms with Crippen molar-refractivity contribution in [2.75, 3.05) is 31.6 Å². The molecule has 11 heteroatoms. The number of carbonyl (C=O) groups is 1. The van der Waals surface area contributed by atoms with Crippen LogP contribution in [0, 0.1) is 5.82 Å². The van der Waals surface area contributed by atoms with Gasteiger partial charge in [0.1, 0.15) is 30.2 Å². The number of nitrogens with zero attached hydrogens (tertiary/aromatic N) is 3. The molecule has 41 heavy (non-hydrogen) atoms. The van der Waals surface area contributed by atoms with Gasteiger partial charge in [0, 0.05) is 30.2 Å². The summed E-state index contributed by atoms with van der Waals surface area (Å²) in [5, 5.41) is 13.8. The van der Waals surface area contributed by atoms with E-state index in [0.717, 1.165) is 25.7 Å². The summed E-state index contributed by atoms with van der Waals surface area (Å²) in [6, 6.07) is 8.00. The molecule has 0 radical (unpaired) electrons. The standard InChI is InChI=1S/C30H38ClFN4O5/c1-19(37)16-36(17-28(38)41-30(2,3)4)11-12-39-26-14-22-25(15-27(26)40-21-7-5-6-8-21)33-18-34-29(22)35-20-9-10-24(32)23(31)13-20/h9-10,13-15,18-19,21,37H,5-8,11-12,16-17H2,1-4H3,(H,33,34,35)/t19-/m1/s1. The van der Waals surface area contributed by atoms with E-state index in [-0.39, 0.29) is 36.8 Å². The monoisotopic (exact) mass is 588 g/mol. The van der Waals surface area contributed by atoms with Crippen molar-refractivity contribution in [1.82, 2.24) is 14.9 Å². The van der Waals surface area contributed by atoms with E-state index in [1.807, 2.05) is 32.9 Å². The van der Waals surface area contributed by atoms with Crippen molar-refractivity contribution in [3.8, 4) is 11.5 Å². The molecule has 1 atom stereocenters. The zero-order valence-corrected chi connectivity index (χ0v) is 24.7. The van der Waals surface area contributed by atoms with E-state index in [4.69, 9.17) is 25.8 Å². The van der Waals surface area contributed by atoms with Crippen molar-refractivity contribution in [2.24, 2.45) is 0 Å². The molecule has 1 aromatic heterocycles. The van der Waals surface area contributed by atoms with E-state index in [0.29, 0.717) is 40.5 Å². The minimum atomic E-state index is -0.634. The number of hydrogen-bond acceptors (Lipinski definition) is 9.